The van der Waals surface area contributed by atoms with Gasteiger partial charge >= 0.3 is 5.97 Å². The monoisotopic (exact) mass is 382 g/mol. The lowest BCUT2D eigenvalue weighted by atomic mass is 10.0. The van der Waals surface area contributed by atoms with Crippen molar-refractivity contribution in [2.24, 2.45) is 0 Å². The fourth-order valence-electron chi connectivity index (χ4n) is 3.31. The molecule has 0 unspecified atom stereocenters. The zero-order chi connectivity index (χ0) is 20.1. The van der Waals surface area contributed by atoms with Crippen LogP contribution in [0.4, 0.5) is 0 Å². The maximum atomic E-state index is 10.7. The van der Waals surface area contributed by atoms with Crippen LogP contribution in [0.25, 0.3) is 0 Å². The first kappa shape index (κ1) is 19.0. The van der Waals surface area contributed by atoms with E-state index in [1.807, 2.05) is 54.6 Å². The van der Waals surface area contributed by atoms with Crippen molar-refractivity contribution in [2.45, 2.75) is 31.5 Å². The van der Waals surface area contributed by atoms with Crippen molar-refractivity contribution in [1.82, 2.24) is 0 Å². The fraction of sp³-hybridized carbons (Fsp3) is 0.192. The molecule has 1 aliphatic rings. The quantitative estimate of drug-likeness (QED) is 0.616. The van der Waals surface area contributed by atoms with Crippen molar-refractivity contribution in [3.8, 4) is 11.8 Å². The first-order valence-electron chi connectivity index (χ1n) is 9.74. The Morgan fingerprint density at radius 3 is 1.97 bits per heavy atom. The molecule has 3 nitrogen and oxygen atoms in total. The molecule has 3 aromatic carbocycles. The van der Waals surface area contributed by atoms with E-state index in [-0.39, 0.29) is 12.0 Å². The second kappa shape index (κ2) is 8.34. The number of carbonyl (C=O) groups is 1. The first-order chi connectivity index (χ1) is 14.1. The lowest BCUT2D eigenvalue weighted by molar-refractivity contribution is -0.136. The van der Waals surface area contributed by atoms with Gasteiger partial charge in [-0.25, -0.2) is 0 Å². The van der Waals surface area contributed by atoms with E-state index >= 15 is 0 Å². The Hall–Kier alpha value is -3.35. The summed E-state index contributed by atoms with van der Waals surface area (Å²) >= 11 is 0. The average molecular weight is 382 g/mol. The lowest BCUT2D eigenvalue weighted by Crippen LogP contribution is -2.11. The number of ether oxygens (including phenoxy) is 1. The van der Waals surface area contributed by atoms with Crippen LogP contribution in [0.2, 0.25) is 0 Å². The second-order valence-corrected chi connectivity index (χ2v) is 7.36. The molecule has 3 aromatic rings. The van der Waals surface area contributed by atoms with Crippen LogP contribution in [0.3, 0.4) is 0 Å². The molecule has 0 heterocycles. The maximum Gasteiger partial charge on any atom is 0.307 e. The van der Waals surface area contributed by atoms with Crippen molar-refractivity contribution in [1.29, 1.82) is 0 Å². The SMILES string of the molecule is O=C(O)Cc1ccc(C#Cc2ccc(C3(OCc4ccccc4)CC3)cc2)cc1. The Morgan fingerprint density at radius 2 is 1.41 bits per heavy atom. The van der Waals surface area contributed by atoms with Gasteiger partial charge in [-0.2, -0.15) is 0 Å². The number of carboxylic acid groups (broad SMARTS) is 1. The highest BCUT2D eigenvalue weighted by atomic mass is 16.5. The molecule has 0 spiro atoms. The number of hydrogen-bond donors (Lipinski definition) is 1. The molecule has 0 saturated heterocycles. The van der Waals surface area contributed by atoms with Gasteiger partial charge in [0.15, 0.2) is 0 Å². The van der Waals surface area contributed by atoms with Gasteiger partial charge in [0.2, 0.25) is 0 Å². The Kier molecular flexibility index (Phi) is 5.46. The molecule has 0 bridgehead atoms. The molecule has 0 amide bonds. The van der Waals surface area contributed by atoms with E-state index in [2.05, 4.69) is 36.1 Å². The summed E-state index contributed by atoms with van der Waals surface area (Å²) in [6.45, 7) is 0.625. The molecule has 0 atom stereocenters. The second-order valence-electron chi connectivity index (χ2n) is 7.36. The molecule has 0 aromatic heterocycles. The summed E-state index contributed by atoms with van der Waals surface area (Å²) in [5.74, 6) is 5.48. The molecule has 144 valence electrons. The molecule has 4 rings (SSSR count). The Labute approximate surface area is 171 Å². The average Bonchev–Trinajstić information content (AvgIpc) is 3.54. The standard InChI is InChI=1S/C26H22O3/c27-25(28)18-22-10-8-20(9-11-22)6-7-21-12-14-24(15-13-21)26(16-17-26)29-19-23-4-2-1-3-5-23/h1-5,8-15H,16-19H2,(H,27,28). The topological polar surface area (TPSA) is 46.5 Å². The van der Waals surface area contributed by atoms with E-state index in [1.165, 1.54) is 11.1 Å². The summed E-state index contributed by atoms with van der Waals surface area (Å²) in [5.41, 5.74) is 4.84. The summed E-state index contributed by atoms with van der Waals surface area (Å²) in [6, 6.07) is 25.9. The van der Waals surface area contributed by atoms with Crippen LogP contribution in [-0.4, -0.2) is 11.1 Å². The van der Waals surface area contributed by atoms with Gasteiger partial charge < -0.3 is 9.84 Å². The van der Waals surface area contributed by atoms with Crippen molar-refractivity contribution in [2.75, 3.05) is 0 Å². The van der Waals surface area contributed by atoms with Crippen molar-refractivity contribution in [3.05, 3.63) is 107 Å². The Balaban J connectivity index is 1.39. The molecule has 1 fully saturated rings. The minimum absolute atomic E-state index is 0.0310. The predicted octanol–water partition coefficient (Wildman–Crippen LogP) is 4.92. The maximum absolute atomic E-state index is 10.7. The highest BCUT2D eigenvalue weighted by Crippen LogP contribution is 2.49. The fourth-order valence-corrected chi connectivity index (χ4v) is 3.31. The van der Waals surface area contributed by atoms with Gasteiger partial charge in [-0.1, -0.05) is 66.4 Å². The van der Waals surface area contributed by atoms with Gasteiger partial charge in [0.05, 0.1) is 18.6 Å². The molecule has 0 radical (unpaired) electrons. The summed E-state index contributed by atoms with van der Waals surface area (Å²) in [6.07, 6.45) is 2.13. The lowest BCUT2D eigenvalue weighted by Gasteiger charge is -2.17. The van der Waals surface area contributed by atoms with Crippen LogP contribution in [0.5, 0.6) is 0 Å². The van der Waals surface area contributed by atoms with Crippen LogP contribution in [0.15, 0.2) is 78.9 Å². The first-order valence-corrected chi connectivity index (χ1v) is 9.74. The molecular formula is C26H22O3. The van der Waals surface area contributed by atoms with Crippen molar-refractivity contribution in [3.63, 3.8) is 0 Å². The number of rotatable bonds is 6. The third kappa shape index (κ3) is 4.93. The van der Waals surface area contributed by atoms with Gasteiger partial charge in [-0.15, -0.1) is 0 Å². The smallest absolute Gasteiger partial charge is 0.307 e. The minimum atomic E-state index is -0.829. The highest BCUT2D eigenvalue weighted by molar-refractivity contribution is 5.70. The molecule has 3 heteroatoms. The van der Waals surface area contributed by atoms with Gasteiger partial charge in [0, 0.05) is 11.1 Å². The van der Waals surface area contributed by atoms with Crippen LogP contribution >= 0.6 is 0 Å². The van der Waals surface area contributed by atoms with E-state index in [0.717, 1.165) is 29.5 Å². The van der Waals surface area contributed by atoms with Crippen LogP contribution in [-0.2, 0) is 28.2 Å². The van der Waals surface area contributed by atoms with Crippen LogP contribution in [0.1, 0.15) is 40.7 Å². The summed E-state index contributed by atoms with van der Waals surface area (Å²) < 4.78 is 6.24. The van der Waals surface area contributed by atoms with Crippen LogP contribution in [0, 0.1) is 11.8 Å². The Morgan fingerprint density at radius 1 is 0.828 bits per heavy atom. The minimum Gasteiger partial charge on any atom is -0.481 e. The van der Waals surface area contributed by atoms with Crippen LogP contribution < -0.4 is 0 Å². The largest absolute Gasteiger partial charge is 0.481 e. The third-order valence-electron chi connectivity index (χ3n) is 5.13. The van der Waals surface area contributed by atoms with Gasteiger partial charge in [-0.3, -0.25) is 4.79 Å². The molecule has 1 aliphatic carbocycles. The molecule has 29 heavy (non-hydrogen) atoms. The summed E-state index contributed by atoms with van der Waals surface area (Å²) in [7, 11) is 0. The van der Waals surface area contributed by atoms with Gasteiger partial charge in [-0.05, 0) is 53.8 Å². The number of benzene rings is 3. The van der Waals surface area contributed by atoms with Gasteiger partial charge in [0.25, 0.3) is 0 Å². The van der Waals surface area contributed by atoms with E-state index in [0.29, 0.717) is 6.61 Å². The molecule has 1 N–H and O–H groups in total. The predicted molar refractivity (Wildman–Crippen MR) is 112 cm³/mol. The number of hydrogen-bond acceptors (Lipinski definition) is 2. The highest BCUT2D eigenvalue weighted by Gasteiger charge is 2.45. The van der Waals surface area contributed by atoms with Gasteiger partial charge in [0.1, 0.15) is 0 Å². The van der Waals surface area contributed by atoms with E-state index < -0.39 is 5.97 Å². The van der Waals surface area contributed by atoms with Crippen molar-refractivity contribution >= 4 is 5.97 Å². The van der Waals surface area contributed by atoms with E-state index in [4.69, 9.17) is 9.84 Å². The van der Waals surface area contributed by atoms with E-state index in [9.17, 15) is 4.79 Å². The summed E-state index contributed by atoms with van der Waals surface area (Å²) in [4.78, 5) is 10.7. The number of carboxylic acids is 1. The third-order valence-corrected chi connectivity index (χ3v) is 5.13. The Bertz CT molecular complexity index is 1040. The normalized spacial score (nSPS) is 13.9. The molecule has 1 saturated carbocycles. The summed E-state index contributed by atoms with van der Waals surface area (Å²) in [5, 5.41) is 8.83. The molecular weight excluding hydrogens is 360 g/mol. The number of aliphatic carboxylic acids is 1. The van der Waals surface area contributed by atoms with E-state index in [1.54, 1.807) is 0 Å². The van der Waals surface area contributed by atoms with Crippen molar-refractivity contribution < 1.29 is 14.6 Å². The molecule has 0 aliphatic heterocycles. The zero-order valence-corrected chi connectivity index (χ0v) is 16.1. The zero-order valence-electron chi connectivity index (χ0n) is 16.1.